The van der Waals surface area contributed by atoms with Gasteiger partial charge in [-0.3, -0.25) is 14.3 Å². The molecule has 2 bridgehead atoms. The SMILES string of the molecule is COc1cc2nc3c(cc2c(OC)c1OC)CN(C(=O)Cn1ncc2ccccc21)CCCCN(S(=O)(=O)N1CCOCC1)CC(=O)NCC1CCCN3C1. The summed E-state index contributed by atoms with van der Waals surface area (Å²) in [6.45, 7) is 3.23. The topological polar surface area (TPSA) is 161 Å². The van der Waals surface area contributed by atoms with Crippen LogP contribution in [0.1, 0.15) is 31.2 Å². The Morgan fingerprint density at radius 2 is 1.71 bits per heavy atom. The van der Waals surface area contributed by atoms with E-state index in [9.17, 15) is 18.0 Å². The van der Waals surface area contributed by atoms with E-state index in [0.29, 0.717) is 73.8 Å². The van der Waals surface area contributed by atoms with E-state index in [4.69, 9.17) is 23.9 Å². The van der Waals surface area contributed by atoms with Crippen molar-refractivity contribution in [2.75, 3.05) is 91.8 Å². The first-order valence-corrected chi connectivity index (χ1v) is 20.3. The molecule has 2 aromatic heterocycles. The lowest BCUT2D eigenvalue weighted by Crippen LogP contribution is -2.52. The molecule has 1 N–H and O–H groups in total. The van der Waals surface area contributed by atoms with Gasteiger partial charge in [-0.25, -0.2) is 4.98 Å². The minimum Gasteiger partial charge on any atom is -0.493 e. The quantitative estimate of drug-likeness (QED) is 0.294. The number of pyridine rings is 1. The summed E-state index contributed by atoms with van der Waals surface area (Å²) < 4.78 is 54.7. The van der Waals surface area contributed by atoms with Gasteiger partial charge < -0.3 is 34.1 Å². The fourth-order valence-electron chi connectivity index (χ4n) is 7.80. The number of piperidine rings is 1. The Hall–Kier alpha value is -4.71. The maximum atomic E-state index is 14.4. The number of hydrogen-bond donors (Lipinski definition) is 1. The van der Waals surface area contributed by atoms with Gasteiger partial charge in [0.25, 0.3) is 10.2 Å². The van der Waals surface area contributed by atoms with Gasteiger partial charge in [0.05, 0.1) is 58.3 Å². The zero-order chi connectivity index (χ0) is 38.5. The second kappa shape index (κ2) is 17.0. The minimum atomic E-state index is -3.93. The third-order valence-corrected chi connectivity index (χ3v) is 12.6. The molecule has 5 heterocycles. The lowest BCUT2D eigenvalue weighted by Gasteiger charge is -2.36. The minimum absolute atomic E-state index is 0.0156. The number of nitrogens with zero attached hydrogens (tertiary/aromatic N) is 7. The number of carbonyl (C=O) groups excluding carboxylic acids is 2. The third kappa shape index (κ3) is 8.29. The van der Waals surface area contributed by atoms with Crippen molar-refractivity contribution in [3.63, 3.8) is 0 Å². The van der Waals surface area contributed by atoms with Gasteiger partial charge in [0.2, 0.25) is 17.6 Å². The number of fused-ring (bicyclic) bond motifs is 6. The number of para-hydroxylation sites is 1. The number of amides is 2. The van der Waals surface area contributed by atoms with E-state index in [1.165, 1.54) is 8.61 Å². The number of hydrogen-bond acceptors (Lipinski definition) is 11. The van der Waals surface area contributed by atoms with E-state index >= 15 is 0 Å². The predicted octanol–water partition coefficient (Wildman–Crippen LogP) is 2.64. The molecule has 1 atom stereocenters. The van der Waals surface area contributed by atoms with Crippen molar-refractivity contribution in [1.29, 1.82) is 0 Å². The summed E-state index contributed by atoms with van der Waals surface area (Å²) in [7, 11) is 0.773. The molecular weight excluding hydrogens is 729 g/mol. The third-order valence-electron chi connectivity index (χ3n) is 10.7. The van der Waals surface area contributed by atoms with Crippen molar-refractivity contribution in [2.45, 2.75) is 38.8 Å². The van der Waals surface area contributed by atoms with E-state index in [1.54, 1.807) is 37.1 Å². The highest BCUT2D eigenvalue weighted by Crippen LogP contribution is 2.44. The van der Waals surface area contributed by atoms with Gasteiger partial charge in [-0.15, -0.1) is 0 Å². The zero-order valence-corrected chi connectivity index (χ0v) is 32.6. The van der Waals surface area contributed by atoms with Crippen molar-refractivity contribution < 1.29 is 37.0 Å². The molecule has 7 rings (SSSR count). The Labute approximate surface area is 321 Å². The highest BCUT2D eigenvalue weighted by Gasteiger charge is 2.33. The average Bonchev–Trinajstić information content (AvgIpc) is 3.61. The summed E-state index contributed by atoms with van der Waals surface area (Å²) in [5, 5.41) is 9.21. The van der Waals surface area contributed by atoms with Crippen molar-refractivity contribution in [3.8, 4) is 17.2 Å². The van der Waals surface area contributed by atoms with E-state index in [0.717, 1.165) is 41.7 Å². The van der Waals surface area contributed by atoms with Crippen molar-refractivity contribution >= 4 is 49.6 Å². The van der Waals surface area contributed by atoms with Gasteiger partial charge in [0.1, 0.15) is 12.4 Å². The van der Waals surface area contributed by atoms with Crippen molar-refractivity contribution in [3.05, 3.63) is 48.2 Å². The summed E-state index contributed by atoms with van der Waals surface area (Å²) >= 11 is 0. The number of ether oxygens (including phenoxy) is 4. The number of nitrogens with one attached hydrogen (secondary N) is 1. The van der Waals surface area contributed by atoms with Crippen LogP contribution < -0.4 is 24.4 Å². The number of anilines is 1. The van der Waals surface area contributed by atoms with Crippen LogP contribution in [0.5, 0.6) is 17.2 Å². The number of benzene rings is 2. The second-order valence-corrected chi connectivity index (χ2v) is 16.1. The number of morpholine rings is 1. The van der Waals surface area contributed by atoms with Crippen LogP contribution in [0.4, 0.5) is 5.82 Å². The number of rotatable bonds is 7. The smallest absolute Gasteiger partial charge is 0.282 e. The van der Waals surface area contributed by atoms with Crippen molar-refractivity contribution in [1.82, 2.24) is 33.6 Å². The van der Waals surface area contributed by atoms with Crippen LogP contribution in [0, 0.1) is 5.92 Å². The van der Waals surface area contributed by atoms with Gasteiger partial charge in [-0.1, -0.05) is 18.2 Å². The summed E-state index contributed by atoms with van der Waals surface area (Å²) in [4.78, 5) is 37.1. The van der Waals surface area contributed by atoms with Crippen LogP contribution in [-0.2, 0) is 37.6 Å². The Bertz CT molecular complexity index is 2120. The van der Waals surface area contributed by atoms with Gasteiger partial charge >= 0.3 is 0 Å². The van der Waals surface area contributed by atoms with Crippen LogP contribution in [0.25, 0.3) is 21.8 Å². The molecule has 55 heavy (non-hydrogen) atoms. The van der Waals surface area contributed by atoms with E-state index in [1.807, 2.05) is 36.4 Å². The lowest BCUT2D eigenvalue weighted by atomic mass is 9.97. The van der Waals surface area contributed by atoms with Crippen LogP contribution in [0.3, 0.4) is 0 Å². The normalized spacial score (nSPS) is 19.9. The Kier molecular flexibility index (Phi) is 11.9. The second-order valence-electron chi connectivity index (χ2n) is 14.2. The average molecular weight is 779 g/mol. The molecule has 3 aliphatic heterocycles. The number of aromatic nitrogens is 3. The summed E-state index contributed by atoms with van der Waals surface area (Å²) in [6, 6.07) is 11.6. The molecule has 0 aliphatic carbocycles. The maximum absolute atomic E-state index is 14.4. The fourth-order valence-corrected chi connectivity index (χ4v) is 9.37. The van der Waals surface area contributed by atoms with Crippen LogP contribution >= 0.6 is 0 Å². The molecular formula is C38H50N8O8S. The Morgan fingerprint density at radius 1 is 0.927 bits per heavy atom. The van der Waals surface area contributed by atoms with E-state index in [-0.39, 0.29) is 57.0 Å². The predicted molar refractivity (Wildman–Crippen MR) is 207 cm³/mol. The molecule has 0 spiro atoms. The van der Waals surface area contributed by atoms with E-state index in [2.05, 4.69) is 15.3 Å². The van der Waals surface area contributed by atoms with Gasteiger partial charge in [0, 0.05) is 74.8 Å². The summed E-state index contributed by atoms with van der Waals surface area (Å²) in [6.07, 6.45) is 4.41. The Morgan fingerprint density at radius 3 is 2.49 bits per heavy atom. The maximum Gasteiger partial charge on any atom is 0.282 e. The molecule has 2 saturated heterocycles. The Balaban J connectivity index is 1.27. The molecule has 2 aromatic carbocycles. The molecule has 0 saturated carbocycles. The first kappa shape index (κ1) is 38.6. The monoisotopic (exact) mass is 778 g/mol. The number of methoxy groups -OCH3 is 3. The first-order chi connectivity index (χ1) is 26.7. The molecule has 4 aromatic rings. The largest absolute Gasteiger partial charge is 0.493 e. The molecule has 1 unspecified atom stereocenters. The number of carbonyl (C=O) groups is 2. The van der Waals surface area contributed by atoms with Crippen molar-refractivity contribution in [2.24, 2.45) is 5.92 Å². The highest BCUT2D eigenvalue weighted by atomic mass is 32.2. The molecule has 0 radical (unpaired) electrons. The van der Waals surface area contributed by atoms with Crippen LogP contribution in [0.15, 0.2) is 42.6 Å². The van der Waals surface area contributed by atoms with Gasteiger partial charge in [-0.2, -0.15) is 22.1 Å². The summed E-state index contributed by atoms with van der Waals surface area (Å²) in [5.74, 6) is 1.74. The summed E-state index contributed by atoms with van der Waals surface area (Å²) in [5.41, 5.74) is 2.33. The van der Waals surface area contributed by atoms with E-state index < -0.39 is 10.2 Å². The fraction of sp³-hybridized carbons (Fsp3) is 0.526. The molecule has 16 nitrogen and oxygen atoms in total. The highest BCUT2D eigenvalue weighted by molar-refractivity contribution is 7.86. The van der Waals surface area contributed by atoms with Crippen LogP contribution in [0.2, 0.25) is 0 Å². The van der Waals surface area contributed by atoms with Gasteiger partial charge in [-0.05, 0) is 43.7 Å². The molecule has 296 valence electrons. The lowest BCUT2D eigenvalue weighted by molar-refractivity contribution is -0.132. The molecule has 2 fully saturated rings. The molecule has 3 aliphatic rings. The molecule has 17 heteroatoms. The zero-order valence-electron chi connectivity index (χ0n) is 31.7. The van der Waals surface area contributed by atoms with Gasteiger partial charge in [0.15, 0.2) is 11.5 Å². The standard InChI is InChI=1S/C38H50N8O8S/c1-51-33-20-31-30(36(52-2)37(33)53-3)19-29-24-42(35(48)26-46-32-11-5-4-10-28(32)22-40-46)12-6-7-14-45(55(49,50)44-15-17-54-18-16-44)25-34(47)39-21-27-9-8-13-43(23-27)38(29)41-31/h4-5,10-11,19-20,22,27H,6-9,12-18,21,23-26H2,1-3H3,(H,39,47). The first-order valence-electron chi connectivity index (χ1n) is 18.9. The van der Waals surface area contributed by atoms with Crippen LogP contribution in [-0.4, -0.2) is 135 Å². The molecule has 2 amide bonds.